The summed E-state index contributed by atoms with van der Waals surface area (Å²) in [7, 11) is 0. The average molecular weight is 559 g/mol. The monoisotopic (exact) mass is 558 g/mol. The Hall–Kier alpha value is -3.43. The second kappa shape index (κ2) is 11.0. The molecule has 0 radical (unpaired) electrons. The fraction of sp³-hybridized carbons (Fsp3) is 0.310. The Morgan fingerprint density at radius 2 is 1.82 bits per heavy atom. The lowest BCUT2D eigenvalue weighted by molar-refractivity contribution is -0.137. The number of rotatable bonds is 5. The smallest absolute Gasteiger partial charge is 0.334 e. The van der Waals surface area contributed by atoms with Crippen LogP contribution in [0.3, 0.4) is 0 Å². The van der Waals surface area contributed by atoms with Crippen LogP contribution < -0.4 is 10.2 Å². The van der Waals surface area contributed by atoms with E-state index < -0.39 is 29.1 Å². The van der Waals surface area contributed by atoms with E-state index >= 15 is 0 Å². The van der Waals surface area contributed by atoms with E-state index in [2.05, 4.69) is 21.3 Å². The lowest BCUT2D eigenvalue weighted by Crippen LogP contribution is -2.47. The van der Waals surface area contributed by atoms with E-state index in [9.17, 15) is 22.4 Å². The van der Waals surface area contributed by atoms with E-state index in [1.165, 1.54) is 29.3 Å². The minimum absolute atomic E-state index is 0.0749. The van der Waals surface area contributed by atoms with Gasteiger partial charge in [0, 0.05) is 42.0 Å². The summed E-state index contributed by atoms with van der Waals surface area (Å²) in [5.74, 6) is -0.651. The molecule has 0 aliphatic carbocycles. The van der Waals surface area contributed by atoms with E-state index in [4.69, 9.17) is 11.6 Å². The number of nitrogens with zero attached hydrogens (tertiary/aromatic N) is 3. The summed E-state index contributed by atoms with van der Waals surface area (Å²) in [6, 6.07) is 13.5. The first-order chi connectivity index (χ1) is 18.6. The molecule has 2 aliphatic heterocycles. The molecule has 1 fully saturated rings. The third-order valence-corrected chi connectivity index (χ3v) is 7.74. The molecular weight excluding hydrogens is 532 g/mol. The Morgan fingerprint density at radius 1 is 1.08 bits per heavy atom. The molecule has 1 aromatic heterocycles. The predicted molar refractivity (Wildman–Crippen MR) is 143 cm³/mol. The highest BCUT2D eigenvalue weighted by atomic mass is 35.5. The van der Waals surface area contributed by atoms with Gasteiger partial charge in [0.1, 0.15) is 0 Å². The number of aromatic nitrogens is 1. The Balaban J connectivity index is 1.31. The van der Waals surface area contributed by atoms with Crippen LogP contribution in [0.25, 0.3) is 6.08 Å². The van der Waals surface area contributed by atoms with Crippen LogP contribution >= 0.6 is 11.6 Å². The number of hydrogen-bond acceptors (Lipinski definition) is 3. The van der Waals surface area contributed by atoms with Crippen LogP contribution in [0.4, 0.5) is 28.0 Å². The van der Waals surface area contributed by atoms with Gasteiger partial charge in [0.2, 0.25) is 5.95 Å². The first-order valence-electron chi connectivity index (χ1n) is 12.6. The molecule has 0 atom stereocenters. The SMILES string of the molecule is O=C(NCc1ccnc(F)c1)N1CC2(CCN(CC=Cc3ccc(Cl)cc3)CC2)c2cc(C(F)(F)F)ccc21. The maximum Gasteiger partial charge on any atom is 0.416 e. The quantitative estimate of drug-likeness (QED) is 0.281. The van der Waals surface area contributed by atoms with E-state index in [-0.39, 0.29) is 13.1 Å². The highest BCUT2D eigenvalue weighted by Gasteiger charge is 2.47. The topological polar surface area (TPSA) is 48.5 Å². The zero-order chi connectivity index (χ0) is 27.6. The molecule has 5 rings (SSSR count). The van der Waals surface area contributed by atoms with Gasteiger partial charge in [0.15, 0.2) is 0 Å². The van der Waals surface area contributed by atoms with Crippen LogP contribution in [-0.2, 0) is 18.1 Å². The van der Waals surface area contributed by atoms with E-state index in [1.807, 2.05) is 30.3 Å². The number of benzene rings is 2. The molecule has 204 valence electrons. The van der Waals surface area contributed by atoms with Crippen molar-refractivity contribution in [3.8, 4) is 0 Å². The molecule has 39 heavy (non-hydrogen) atoms. The largest absolute Gasteiger partial charge is 0.416 e. The van der Waals surface area contributed by atoms with Gasteiger partial charge in [-0.1, -0.05) is 35.9 Å². The number of amides is 2. The van der Waals surface area contributed by atoms with Gasteiger partial charge in [-0.15, -0.1) is 0 Å². The maximum atomic E-state index is 13.6. The third-order valence-electron chi connectivity index (χ3n) is 7.48. The molecule has 2 aromatic carbocycles. The normalized spacial score (nSPS) is 17.1. The van der Waals surface area contributed by atoms with Gasteiger partial charge in [0.25, 0.3) is 0 Å². The number of anilines is 1. The number of hydrogen-bond donors (Lipinski definition) is 1. The first-order valence-corrected chi connectivity index (χ1v) is 13.0. The second-order valence-corrected chi connectivity index (χ2v) is 10.4. The van der Waals surface area contributed by atoms with Crippen LogP contribution in [0.2, 0.25) is 5.02 Å². The van der Waals surface area contributed by atoms with Gasteiger partial charge in [-0.3, -0.25) is 9.80 Å². The number of piperidine rings is 1. The lowest BCUT2D eigenvalue weighted by atomic mass is 9.74. The molecule has 0 unspecified atom stereocenters. The molecule has 1 N–H and O–H groups in total. The van der Waals surface area contributed by atoms with Gasteiger partial charge in [-0.2, -0.15) is 17.6 Å². The van der Waals surface area contributed by atoms with Crippen molar-refractivity contribution in [2.75, 3.05) is 31.1 Å². The molecule has 2 aliphatic rings. The van der Waals surface area contributed by atoms with Crippen molar-refractivity contribution in [1.82, 2.24) is 15.2 Å². The summed E-state index contributed by atoms with van der Waals surface area (Å²) in [5, 5.41) is 3.45. The van der Waals surface area contributed by atoms with Crippen LogP contribution in [0.15, 0.2) is 66.9 Å². The van der Waals surface area contributed by atoms with Crippen molar-refractivity contribution in [1.29, 1.82) is 0 Å². The van der Waals surface area contributed by atoms with Crippen LogP contribution in [0.1, 0.15) is 35.1 Å². The molecule has 0 bridgehead atoms. The Labute approximate surface area is 229 Å². The summed E-state index contributed by atoms with van der Waals surface area (Å²) in [4.78, 5) is 20.5. The lowest BCUT2D eigenvalue weighted by Gasteiger charge is -2.39. The molecule has 1 spiro atoms. The Kier molecular flexibility index (Phi) is 7.64. The van der Waals surface area contributed by atoms with E-state index in [0.717, 1.165) is 11.6 Å². The van der Waals surface area contributed by atoms with Gasteiger partial charge >= 0.3 is 12.2 Å². The number of alkyl halides is 3. The van der Waals surface area contributed by atoms with Crippen molar-refractivity contribution in [2.24, 2.45) is 0 Å². The fourth-order valence-corrected chi connectivity index (χ4v) is 5.48. The number of fused-ring (bicyclic) bond motifs is 2. The zero-order valence-corrected chi connectivity index (χ0v) is 21.8. The second-order valence-electron chi connectivity index (χ2n) is 10.00. The Morgan fingerprint density at radius 3 is 2.51 bits per heavy atom. The number of carbonyl (C=O) groups excluding carboxylic acids is 1. The van der Waals surface area contributed by atoms with Crippen molar-refractivity contribution in [2.45, 2.75) is 31.0 Å². The molecule has 3 aromatic rings. The molecule has 10 heteroatoms. The number of pyridine rings is 1. The number of carbonyl (C=O) groups is 1. The van der Waals surface area contributed by atoms with Crippen molar-refractivity contribution < 1.29 is 22.4 Å². The number of nitrogens with one attached hydrogen (secondary N) is 1. The molecule has 2 amide bonds. The molecular formula is C29H27ClF4N4O. The van der Waals surface area contributed by atoms with E-state index in [0.29, 0.717) is 54.3 Å². The molecule has 3 heterocycles. The van der Waals surface area contributed by atoms with Crippen LogP contribution in [0.5, 0.6) is 0 Å². The van der Waals surface area contributed by atoms with Gasteiger partial charge in [-0.05, 0) is 85.1 Å². The van der Waals surface area contributed by atoms with Crippen molar-refractivity contribution >= 4 is 29.4 Å². The molecule has 0 saturated carbocycles. The number of likely N-dealkylation sites (tertiary alicyclic amines) is 1. The van der Waals surface area contributed by atoms with Gasteiger partial charge < -0.3 is 5.32 Å². The van der Waals surface area contributed by atoms with Crippen molar-refractivity contribution in [3.63, 3.8) is 0 Å². The highest BCUT2D eigenvalue weighted by molar-refractivity contribution is 6.30. The summed E-state index contributed by atoms with van der Waals surface area (Å²) >= 11 is 5.94. The van der Waals surface area contributed by atoms with Gasteiger partial charge in [-0.25, -0.2) is 9.78 Å². The fourth-order valence-electron chi connectivity index (χ4n) is 5.36. The molecule has 5 nitrogen and oxygen atoms in total. The van der Waals surface area contributed by atoms with E-state index in [1.54, 1.807) is 6.07 Å². The zero-order valence-electron chi connectivity index (χ0n) is 21.0. The van der Waals surface area contributed by atoms with Crippen LogP contribution in [0, 0.1) is 5.95 Å². The minimum Gasteiger partial charge on any atom is -0.334 e. The Bertz CT molecular complexity index is 1370. The maximum absolute atomic E-state index is 13.6. The summed E-state index contributed by atoms with van der Waals surface area (Å²) in [6.45, 7) is 2.44. The summed E-state index contributed by atoms with van der Waals surface area (Å²) in [6.07, 6.45) is 2.15. The van der Waals surface area contributed by atoms with Gasteiger partial charge in [0.05, 0.1) is 5.56 Å². The highest BCUT2D eigenvalue weighted by Crippen LogP contribution is 2.48. The van der Waals surface area contributed by atoms with Crippen LogP contribution in [-0.4, -0.2) is 42.1 Å². The third kappa shape index (κ3) is 6.09. The molecule has 1 saturated heterocycles. The first kappa shape index (κ1) is 27.1. The number of halogens is 5. The standard InChI is InChI=1S/C29H27ClF4N4O/c30-23-6-3-20(4-7-23)2-1-13-37-14-10-28(11-15-37)19-38(25-8-5-22(17-24(25)28)29(32,33)34)27(39)36-18-21-9-12-35-26(31)16-21/h1-9,12,16-17H,10-11,13-15,18-19H2,(H,36,39). The minimum atomic E-state index is -4.48. The van der Waals surface area contributed by atoms with Crippen molar-refractivity contribution in [3.05, 3.63) is 100 Å². The summed E-state index contributed by atoms with van der Waals surface area (Å²) in [5.41, 5.74) is 1.32. The number of urea groups is 1. The predicted octanol–water partition coefficient (Wildman–Crippen LogP) is 6.67. The average Bonchev–Trinajstić information content (AvgIpc) is 3.22. The summed E-state index contributed by atoms with van der Waals surface area (Å²) < 4.78 is 54.3.